The Bertz CT molecular complexity index is 782. The van der Waals surface area contributed by atoms with E-state index in [1.807, 2.05) is 66.9 Å². The maximum Gasteiger partial charge on any atom is 0.410 e. The molecule has 0 radical (unpaired) electrons. The summed E-state index contributed by atoms with van der Waals surface area (Å²) in [6.45, 7) is 19.4. The second kappa shape index (κ2) is 11.0. The van der Waals surface area contributed by atoms with Gasteiger partial charge in [0, 0.05) is 19.5 Å². The molecular weight excluding hydrogens is 370 g/mol. The van der Waals surface area contributed by atoms with Crippen molar-refractivity contribution in [2.24, 2.45) is 0 Å². The van der Waals surface area contributed by atoms with Crippen LogP contribution in [-0.4, -0.2) is 55.3 Å². The molecule has 0 spiro atoms. The first-order valence-electron chi connectivity index (χ1n) is 10.6. The second-order valence-electron chi connectivity index (χ2n) is 7.21. The number of rotatable bonds is 3. The van der Waals surface area contributed by atoms with Crippen LogP contribution in [0.2, 0.25) is 0 Å². The zero-order valence-electron chi connectivity index (χ0n) is 19.4. The standard InChI is InChI=1S/C17H25N5O3.2C2H6/c1-6-22-11(2)20-13-14(22)18-10-19-15(13)24-12-7-8-21(9-12)16(23)25-17(3,4)5;2*1-2/h10,12H,6-9H2,1-5H3;2*1-2H3/t12-;;/m0../s1. The van der Waals surface area contributed by atoms with Crippen LogP contribution < -0.4 is 4.74 Å². The van der Waals surface area contributed by atoms with Crippen molar-refractivity contribution in [2.75, 3.05) is 13.1 Å². The summed E-state index contributed by atoms with van der Waals surface area (Å²) >= 11 is 0. The predicted molar refractivity (Wildman–Crippen MR) is 115 cm³/mol. The first-order valence-corrected chi connectivity index (χ1v) is 10.6. The molecule has 0 aromatic carbocycles. The minimum Gasteiger partial charge on any atom is -0.471 e. The van der Waals surface area contributed by atoms with Gasteiger partial charge in [0.05, 0.1) is 6.54 Å². The number of fused-ring (bicyclic) bond motifs is 1. The minimum absolute atomic E-state index is 0.127. The molecule has 1 saturated heterocycles. The average molecular weight is 408 g/mol. The maximum atomic E-state index is 12.2. The SMILES string of the molecule is CC.CC.CCn1c(C)nc2c(O[C@H]3CCN(C(=O)OC(C)(C)C)C3)ncnc21. The molecule has 0 unspecified atom stereocenters. The number of nitrogens with zero attached hydrogens (tertiary/aromatic N) is 5. The van der Waals surface area contributed by atoms with Gasteiger partial charge < -0.3 is 18.9 Å². The van der Waals surface area contributed by atoms with Crippen LogP contribution in [0.1, 0.15) is 67.6 Å². The van der Waals surface area contributed by atoms with Gasteiger partial charge in [-0.3, -0.25) is 0 Å². The Balaban J connectivity index is 0.000000989. The Hall–Kier alpha value is -2.38. The largest absolute Gasteiger partial charge is 0.471 e. The van der Waals surface area contributed by atoms with E-state index in [0.29, 0.717) is 24.5 Å². The van der Waals surface area contributed by atoms with Gasteiger partial charge in [0.25, 0.3) is 0 Å². The molecule has 8 nitrogen and oxygen atoms in total. The highest BCUT2D eigenvalue weighted by molar-refractivity contribution is 5.76. The van der Waals surface area contributed by atoms with E-state index < -0.39 is 5.60 Å². The number of hydrogen-bond acceptors (Lipinski definition) is 6. The molecule has 3 rings (SSSR count). The highest BCUT2D eigenvalue weighted by Gasteiger charge is 2.31. The summed E-state index contributed by atoms with van der Waals surface area (Å²) in [5.41, 5.74) is 0.934. The highest BCUT2D eigenvalue weighted by Crippen LogP contribution is 2.25. The number of ether oxygens (including phenoxy) is 2. The zero-order chi connectivity index (χ0) is 22.2. The number of amides is 1. The fourth-order valence-electron chi connectivity index (χ4n) is 2.96. The molecule has 3 heterocycles. The van der Waals surface area contributed by atoms with Crippen LogP contribution in [-0.2, 0) is 11.3 Å². The van der Waals surface area contributed by atoms with Crippen molar-refractivity contribution in [3.05, 3.63) is 12.2 Å². The van der Waals surface area contributed by atoms with Gasteiger partial charge in [0.15, 0.2) is 11.2 Å². The van der Waals surface area contributed by atoms with E-state index in [1.165, 1.54) is 6.33 Å². The van der Waals surface area contributed by atoms with Gasteiger partial charge in [0.2, 0.25) is 5.88 Å². The molecule has 1 amide bonds. The molecule has 8 heteroatoms. The predicted octanol–water partition coefficient (Wildman–Crippen LogP) is 4.60. The summed E-state index contributed by atoms with van der Waals surface area (Å²) in [4.78, 5) is 26.9. The van der Waals surface area contributed by atoms with Crippen LogP contribution in [0.3, 0.4) is 0 Å². The molecule has 2 aromatic rings. The van der Waals surface area contributed by atoms with E-state index >= 15 is 0 Å². The van der Waals surface area contributed by atoms with Crippen LogP contribution in [0.5, 0.6) is 5.88 Å². The molecule has 1 fully saturated rings. The Kier molecular flexibility index (Phi) is 9.33. The molecule has 0 saturated carbocycles. The third-order valence-corrected chi connectivity index (χ3v) is 4.08. The van der Waals surface area contributed by atoms with E-state index in [0.717, 1.165) is 24.4 Å². The van der Waals surface area contributed by atoms with E-state index in [9.17, 15) is 4.79 Å². The molecule has 164 valence electrons. The number of imidazole rings is 1. The summed E-state index contributed by atoms with van der Waals surface area (Å²) in [6.07, 6.45) is 1.79. The molecule has 1 aliphatic heterocycles. The van der Waals surface area contributed by atoms with Gasteiger partial charge in [-0.05, 0) is 34.6 Å². The topological polar surface area (TPSA) is 82.4 Å². The van der Waals surface area contributed by atoms with E-state index in [1.54, 1.807) is 4.90 Å². The van der Waals surface area contributed by atoms with Crippen molar-refractivity contribution >= 4 is 17.3 Å². The molecule has 0 aliphatic carbocycles. The van der Waals surface area contributed by atoms with Crippen LogP contribution in [0.4, 0.5) is 4.79 Å². The molecule has 1 aliphatic rings. The molecular formula is C21H37N5O3. The number of likely N-dealkylation sites (tertiary alicyclic amines) is 1. The Morgan fingerprint density at radius 1 is 1.21 bits per heavy atom. The number of aryl methyl sites for hydroxylation is 2. The van der Waals surface area contributed by atoms with E-state index in [2.05, 4.69) is 15.0 Å². The lowest BCUT2D eigenvalue weighted by molar-refractivity contribution is 0.0275. The summed E-state index contributed by atoms with van der Waals surface area (Å²) in [7, 11) is 0. The lowest BCUT2D eigenvalue weighted by Gasteiger charge is -2.24. The fraction of sp³-hybridized carbons (Fsp3) is 0.714. The van der Waals surface area contributed by atoms with Crippen LogP contribution in [0, 0.1) is 6.92 Å². The van der Waals surface area contributed by atoms with Crippen molar-refractivity contribution in [1.82, 2.24) is 24.4 Å². The normalized spacial score (nSPS) is 15.9. The zero-order valence-corrected chi connectivity index (χ0v) is 19.4. The Labute approximate surface area is 174 Å². The number of hydrogen-bond donors (Lipinski definition) is 0. The number of aromatic nitrogens is 4. The fourth-order valence-corrected chi connectivity index (χ4v) is 2.96. The lowest BCUT2D eigenvalue weighted by atomic mass is 10.2. The number of carbonyl (C=O) groups is 1. The van der Waals surface area contributed by atoms with Crippen LogP contribution in [0.25, 0.3) is 11.2 Å². The van der Waals surface area contributed by atoms with Crippen LogP contribution >= 0.6 is 0 Å². The average Bonchev–Trinajstić information content (AvgIpc) is 3.28. The number of carbonyl (C=O) groups excluding carboxylic acids is 1. The van der Waals surface area contributed by atoms with Gasteiger partial charge in [0.1, 0.15) is 23.9 Å². The third kappa shape index (κ3) is 6.30. The van der Waals surface area contributed by atoms with Gasteiger partial charge in [-0.1, -0.05) is 27.7 Å². The summed E-state index contributed by atoms with van der Waals surface area (Å²) in [5, 5.41) is 0. The summed E-state index contributed by atoms with van der Waals surface area (Å²) in [5.74, 6) is 1.35. The second-order valence-corrected chi connectivity index (χ2v) is 7.21. The van der Waals surface area contributed by atoms with Gasteiger partial charge in [-0.25, -0.2) is 14.8 Å². The quantitative estimate of drug-likeness (QED) is 0.740. The highest BCUT2D eigenvalue weighted by atomic mass is 16.6. The van der Waals surface area contributed by atoms with E-state index in [-0.39, 0.29) is 12.2 Å². The lowest BCUT2D eigenvalue weighted by Crippen LogP contribution is -2.36. The first-order chi connectivity index (χ1) is 13.8. The Morgan fingerprint density at radius 3 is 2.45 bits per heavy atom. The monoisotopic (exact) mass is 407 g/mol. The van der Waals surface area contributed by atoms with E-state index in [4.69, 9.17) is 9.47 Å². The smallest absolute Gasteiger partial charge is 0.410 e. The Morgan fingerprint density at radius 2 is 1.86 bits per heavy atom. The summed E-state index contributed by atoms with van der Waals surface area (Å²) in [6, 6.07) is 0. The van der Waals surface area contributed by atoms with Crippen molar-refractivity contribution in [3.8, 4) is 5.88 Å². The van der Waals surface area contributed by atoms with Gasteiger partial charge >= 0.3 is 6.09 Å². The van der Waals surface area contributed by atoms with Crippen molar-refractivity contribution < 1.29 is 14.3 Å². The first kappa shape index (κ1) is 24.7. The minimum atomic E-state index is -0.501. The third-order valence-electron chi connectivity index (χ3n) is 4.08. The molecule has 0 bridgehead atoms. The molecule has 1 atom stereocenters. The summed E-state index contributed by atoms with van der Waals surface area (Å²) < 4.78 is 13.5. The van der Waals surface area contributed by atoms with Gasteiger partial charge in [-0.15, -0.1) is 0 Å². The van der Waals surface area contributed by atoms with Crippen LogP contribution in [0.15, 0.2) is 6.33 Å². The molecule has 29 heavy (non-hydrogen) atoms. The van der Waals surface area contributed by atoms with Crippen molar-refractivity contribution in [2.45, 2.75) is 87.0 Å². The van der Waals surface area contributed by atoms with Crippen molar-refractivity contribution in [3.63, 3.8) is 0 Å². The molecule has 0 N–H and O–H groups in total. The molecule has 2 aromatic heterocycles. The maximum absolute atomic E-state index is 12.2. The van der Waals surface area contributed by atoms with Crippen molar-refractivity contribution in [1.29, 1.82) is 0 Å². The van der Waals surface area contributed by atoms with Gasteiger partial charge in [-0.2, -0.15) is 4.98 Å².